The van der Waals surface area contributed by atoms with Crippen LogP contribution in [0.2, 0.25) is 0 Å². The lowest BCUT2D eigenvalue weighted by molar-refractivity contribution is 0.771. The van der Waals surface area contributed by atoms with Crippen LogP contribution in [0.25, 0.3) is 87.2 Å². The Morgan fingerprint density at radius 3 is 1.60 bits per heavy atom. The van der Waals surface area contributed by atoms with Crippen LogP contribution in [0.4, 0.5) is 0 Å². The molecule has 0 nitrogen and oxygen atoms in total. The van der Waals surface area contributed by atoms with Crippen molar-refractivity contribution in [3.05, 3.63) is 229 Å². The zero-order valence-corrected chi connectivity index (χ0v) is 30.1. The van der Waals surface area contributed by atoms with E-state index in [1.54, 1.807) is 0 Å². The molecule has 0 spiro atoms. The Kier molecular flexibility index (Phi) is 6.36. The molecule has 0 atom stereocenters. The molecule has 1 aliphatic rings. The van der Waals surface area contributed by atoms with E-state index in [0.717, 1.165) is 0 Å². The van der Waals surface area contributed by atoms with E-state index in [-0.39, 0.29) is 0 Å². The van der Waals surface area contributed by atoms with E-state index in [0.29, 0.717) is 0 Å². The second-order valence-electron chi connectivity index (χ2n) is 15.2. The third kappa shape index (κ3) is 4.23. The van der Waals surface area contributed by atoms with Gasteiger partial charge >= 0.3 is 0 Å². The highest BCUT2D eigenvalue weighted by Gasteiger charge is 2.48. The lowest BCUT2D eigenvalue weighted by atomic mass is 9.65. The third-order valence-corrected chi connectivity index (χ3v) is 12.4. The van der Waals surface area contributed by atoms with Gasteiger partial charge in [0.25, 0.3) is 0 Å². The standard InChI is InChI=1S/C55H34/c1-3-17-43(18-4-1)55(44-19-5-2-6-20-44)50-34-42(45-29-26-38-24-23-36-15-11-16-37-27-30-47(45)52(38)51(36)37)28-31-48(50)53-46-21-10-9-14-40(46)33-49(54(53)55)41-25-22-35-12-7-8-13-39(35)32-41/h1-34H. The van der Waals surface area contributed by atoms with Gasteiger partial charge in [0.2, 0.25) is 0 Å². The van der Waals surface area contributed by atoms with Crippen molar-refractivity contribution in [2.24, 2.45) is 0 Å². The summed E-state index contributed by atoms with van der Waals surface area (Å²) < 4.78 is 0. The van der Waals surface area contributed by atoms with Gasteiger partial charge in [0.15, 0.2) is 0 Å². The van der Waals surface area contributed by atoms with Crippen LogP contribution < -0.4 is 0 Å². The quantitative estimate of drug-likeness (QED) is 0.161. The summed E-state index contributed by atoms with van der Waals surface area (Å²) in [6.07, 6.45) is 0. The molecular formula is C55H34. The zero-order valence-electron chi connectivity index (χ0n) is 30.1. The van der Waals surface area contributed by atoms with Gasteiger partial charge in [-0.2, -0.15) is 0 Å². The van der Waals surface area contributed by atoms with Gasteiger partial charge in [-0.1, -0.05) is 188 Å². The van der Waals surface area contributed by atoms with E-state index < -0.39 is 5.41 Å². The number of hydrogen-bond donors (Lipinski definition) is 0. The average Bonchev–Trinajstić information content (AvgIpc) is 3.57. The monoisotopic (exact) mass is 694 g/mol. The minimum atomic E-state index is -0.585. The van der Waals surface area contributed by atoms with Crippen LogP contribution >= 0.6 is 0 Å². The molecule has 55 heavy (non-hydrogen) atoms. The van der Waals surface area contributed by atoms with E-state index in [1.807, 2.05) is 0 Å². The first-order valence-corrected chi connectivity index (χ1v) is 19.3. The highest BCUT2D eigenvalue weighted by atomic mass is 14.5. The summed E-state index contributed by atoms with van der Waals surface area (Å²) in [4.78, 5) is 0. The van der Waals surface area contributed by atoms with Crippen molar-refractivity contribution in [1.82, 2.24) is 0 Å². The van der Waals surface area contributed by atoms with Crippen LogP contribution in [0.1, 0.15) is 22.3 Å². The van der Waals surface area contributed by atoms with E-state index >= 15 is 0 Å². The van der Waals surface area contributed by atoms with Crippen molar-refractivity contribution < 1.29 is 0 Å². The van der Waals surface area contributed by atoms with Crippen molar-refractivity contribution in [1.29, 1.82) is 0 Å². The van der Waals surface area contributed by atoms with E-state index in [1.165, 1.54) is 109 Å². The van der Waals surface area contributed by atoms with Gasteiger partial charge in [0.05, 0.1) is 5.41 Å². The number of hydrogen-bond acceptors (Lipinski definition) is 0. The Morgan fingerprint density at radius 1 is 0.291 bits per heavy atom. The molecule has 0 radical (unpaired) electrons. The van der Waals surface area contributed by atoms with Crippen molar-refractivity contribution in [2.45, 2.75) is 5.41 Å². The maximum atomic E-state index is 2.53. The largest absolute Gasteiger partial charge is 0.0720 e. The molecule has 0 aromatic heterocycles. The summed E-state index contributed by atoms with van der Waals surface area (Å²) in [6, 6.07) is 77.4. The molecule has 0 amide bonds. The van der Waals surface area contributed by atoms with Gasteiger partial charge in [-0.15, -0.1) is 0 Å². The zero-order chi connectivity index (χ0) is 36.1. The van der Waals surface area contributed by atoms with Crippen molar-refractivity contribution in [3.63, 3.8) is 0 Å². The molecule has 0 bridgehead atoms. The molecule has 0 saturated heterocycles. The fourth-order valence-electron chi connectivity index (χ4n) is 10.1. The Balaban J connectivity index is 1.23. The molecular weight excluding hydrogens is 661 g/mol. The average molecular weight is 695 g/mol. The maximum absolute atomic E-state index is 2.53. The van der Waals surface area contributed by atoms with Crippen LogP contribution in [-0.4, -0.2) is 0 Å². The molecule has 0 saturated carbocycles. The number of benzene rings is 11. The molecule has 254 valence electrons. The van der Waals surface area contributed by atoms with Crippen LogP contribution in [0, 0.1) is 0 Å². The Bertz CT molecular complexity index is 3240. The maximum Gasteiger partial charge on any atom is 0.0720 e. The van der Waals surface area contributed by atoms with Gasteiger partial charge in [0, 0.05) is 0 Å². The van der Waals surface area contributed by atoms with Gasteiger partial charge in [-0.3, -0.25) is 0 Å². The second-order valence-corrected chi connectivity index (χ2v) is 15.2. The molecule has 0 unspecified atom stereocenters. The van der Waals surface area contributed by atoms with Crippen LogP contribution in [-0.2, 0) is 5.41 Å². The Labute approximate surface area is 319 Å². The fourth-order valence-corrected chi connectivity index (χ4v) is 10.1. The lowest BCUT2D eigenvalue weighted by Crippen LogP contribution is -2.29. The summed E-state index contributed by atoms with van der Waals surface area (Å²) in [7, 11) is 0. The predicted molar refractivity (Wildman–Crippen MR) is 233 cm³/mol. The predicted octanol–water partition coefficient (Wildman–Crippen LogP) is 14.6. The molecule has 0 N–H and O–H groups in total. The van der Waals surface area contributed by atoms with Crippen molar-refractivity contribution in [3.8, 4) is 33.4 Å². The van der Waals surface area contributed by atoms with Crippen molar-refractivity contribution >= 4 is 53.9 Å². The minimum absolute atomic E-state index is 0.585. The summed E-state index contributed by atoms with van der Waals surface area (Å²) >= 11 is 0. The second kappa shape index (κ2) is 11.5. The molecule has 0 heteroatoms. The first-order chi connectivity index (χ1) is 27.3. The summed E-state index contributed by atoms with van der Waals surface area (Å²) in [6.45, 7) is 0. The molecule has 11 aromatic carbocycles. The smallest absolute Gasteiger partial charge is 0.0622 e. The molecule has 0 aliphatic heterocycles. The number of fused-ring (bicyclic) bond motifs is 6. The minimum Gasteiger partial charge on any atom is -0.0622 e. The third-order valence-electron chi connectivity index (χ3n) is 12.4. The molecule has 11 aromatic rings. The summed E-state index contributed by atoms with van der Waals surface area (Å²) in [5.74, 6) is 0. The van der Waals surface area contributed by atoms with Crippen LogP contribution in [0.15, 0.2) is 206 Å². The van der Waals surface area contributed by atoms with Gasteiger partial charge < -0.3 is 0 Å². The molecule has 12 rings (SSSR count). The van der Waals surface area contributed by atoms with Crippen molar-refractivity contribution in [2.75, 3.05) is 0 Å². The lowest BCUT2D eigenvalue weighted by Gasteiger charge is -2.36. The first-order valence-electron chi connectivity index (χ1n) is 19.3. The van der Waals surface area contributed by atoms with Crippen LogP contribution in [0.3, 0.4) is 0 Å². The summed E-state index contributed by atoms with van der Waals surface area (Å²) in [5.41, 5.74) is 12.2. The number of rotatable bonds is 4. The van der Waals surface area contributed by atoms with Crippen LogP contribution in [0.5, 0.6) is 0 Å². The SMILES string of the molecule is c1ccc(C2(c3ccccc3)c3cc(-c4ccc5ccc6cccc7ccc4c5c67)ccc3-c3c2c(-c2ccc4ccccc4c2)cc2ccccc32)cc1. The van der Waals surface area contributed by atoms with Gasteiger partial charge in [-0.05, 0) is 128 Å². The van der Waals surface area contributed by atoms with Gasteiger partial charge in [-0.25, -0.2) is 0 Å². The Morgan fingerprint density at radius 2 is 0.836 bits per heavy atom. The highest BCUT2D eigenvalue weighted by Crippen LogP contribution is 2.61. The van der Waals surface area contributed by atoms with Gasteiger partial charge in [0.1, 0.15) is 0 Å². The normalized spacial score (nSPS) is 13.2. The van der Waals surface area contributed by atoms with E-state index in [4.69, 9.17) is 0 Å². The van der Waals surface area contributed by atoms with E-state index in [9.17, 15) is 0 Å². The highest BCUT2D eigenvalue weighted by molar-refractivity contribution is 6.25. The topological polar surface area (TPSA) is 0 Å². The fraction of sp³-hybridized carbons (Fsp3) is 0.0182. The molecule has 0 fully saturated rings. The Hall–Kier alpha value is -7.02. The van der Waals surface area contributed by atoms with E-state index in [2.05, 4.69) is 206 Å². The summed E-state index contributed by atoms with van der Waals surface area (Å²) in [5, 5.41) is 12.9. The molecule has 1 aliphatic carbocycles. The molecule has 0 heterocycles. The first kappa shape index (κ1) is 30.4.